The third-order valence-electron chi connectivity index (χ3n) is 5.83. The molecule has 1 aromatic carbocycles. The van der Waals surface area contributed by atoms with Crippen molar-refractivity contribution in [1.29, 1.82) is 0 Å². The van der Waals surface area contributed by atoms with E-state index in [1.807, 2.05) is 36.1 Å². The molecule has 2 aliphatic heterocycles. The van der Waals surface area contributed by atoms with Gasteiger partial charge in [-0.25, -0.2) is 0 Å². The highest BCUT2D eigenvalue weighted by Crippen LogP contribution is 2.33. The summed E-state index contributed by atoms with van der Waals surface area (Å²) in [6, 6.07) is 7.44. The topological polar surface area (TPSA) is 91.4 Å². The summed E-state index contributed by atoms with van der Waals surface area (Å²) in [5.41, 5.74) is 0.719. The van der Waals surface area contributed by atoms with Crippen molar-refractivity contribution in [2.45, 2.75) is 19.8 Å². The number of para-hydroxylation sites is 2. The molecule has 0 bridgehead atoms. The van der Waals surface area contributed by atoms with E-state index in [9.17, 15) is 14.4 Å². The lowest BCUT2D eigenvalue weighted by molar-refractivity contribution is -0.137. The van der Waals surface area contributed by atoms with Crippen LogP contribution in [0.4, 0.5) is 5.69 Å². The van der Waals surface area contributed by atoms with Gasteiger partial charge in [0.25, 0.3) is 0 Å². The molecule has 1 atom stereocenters. The van der Waals surface area contributed by atoms with E-state index in [-0.39, 0.29) is 30.1 Å². The molecule has 3 amide bonds. The van der Waals surface area contributed by atoms with Gasteiger partial charge in [-0.1, -0.05) is 12.1 Å². The van der Waals surface area contributed by atoms with Crippen molar-refractivity contribution in [3.8, 4) is 5.75 Å². The number of nitrogens with one attached hydrogen (secondary N) is 1. The van der Waals surface area contributed by atoms with Gasteiger partial charge in [0.1, 0.15) is 5.75 Å². The number of nitrogens with zero attached hydrogens (tertiary/aromatic N) is 3. The van der Waals surface area contributed by atoms with Gasteiger partial charge in [0.05, 0.1) is 24.8 Å². The van der Waals surface area contributed by atoms with Crippen molar-refractivity contribution in [2.24, 2.45) is 5.92 Å². The summed E-state index contributed by atoms with van der Waals surface area (Å²) in [6.45, 7) is 6.76. The standard InChI is InChI=1S/C23H34N4O5/c1-3-32-20-8-5-4-7-19(20)27-16-18(15-22(27)29)23(30)26-12-10-25(11-13-26)17-21(28)24-9-6-14-31-2/h4-5,7-8,18H,3,6,9-17H2,1-2H3,(H,24,28). The SMILES string of the molecule is CCOc1ccccc1N1CC(C(=O)N2CCN(CC(=O)NCCCOC)CC2)CC1=O. The first-order chi connectivity index (χ1) is 15.5. The maximum atomic E-state index is 13.1. The first-order valence-corrected chi connectivity index (χ1v) is 11.3. The molecule has 1 N–H and O–H groups in total. The van der Waals surface area contributed by atoms with E-state index in [0.29, 0.717) is 64.8 Å². The van der Waals surface area contributed by atoms with Crippen LogP contribution in [0.25, 0.3) is 0 Å². The molecule has 2 saturated heterocycles. The van der Waals surface area contributed by atoms with Gasteiger partial charge in [0.2, 0.25) is 17.7 Å². The van der Waals surface area contributed by atoms with Gasteiger partial charge in [-0.2, -0.15) is 0 Å². The van der Waals surface area contributed by atoms with Gasteiger partial charge >= 0.3 is 0 Å². The molecular formula is C23H34N4O5. The minimum Gasteiger partial charge on any atom is -0.492 e. The molecule has 1 unspecified atom stereocenters. The second kappa shape index (κ2) is 11.8. The van der Waals surface area contributed by atoms with Gasteiger partial charge in [-0.05, 0) is 25.5 Å². The van der Waals surface area contributed by atoms with Gasteiger partial charge in [-0.3, -0.25) is 19.3 Å². The summed E-state index contributed by atoms with van der Waals surface area (Å²) in [6.07, 6.45) is 1.00. The van der Waals surface area contributed by atoms with Crippen LogP contribution in [0.1, 0.15) is 19.8 Å². The normalized spacial score (nSPS) is 19.3. The minimum atomic E-state index is -0.354. The summed E-state index contributed by atoms with van der Waals surface area (Å²) < 4.78 is 10.6. The summed E-state index contributed by atoms with van der Waals surface area (Å²) in [5, 5.41) is 2.89. The number of hydrogen-bond donors (Lipinski definition) is 1. The zero-order chi connectivity index (χ0) is 22.9. The lowest BCUT2D eigenvalue weighted by Gasteiger charge is -2.35. The summed E-state index contributed by atoms with van der Waals surface area (Å²) in [7, 11) is 1.64. The average molecular weight is 447 g/mol. The molecule has 0 saturated carbocycles. The van der Waals surface area contributed by atoms with Gasteiger partial charge in [0.15, 0.2) is 0 Å². The van der Waals surface area contributed by atoms with Crippen LogP contribution in [-0.4, -0.2) is 93.7 Å². The molecule has 176 valence electrons. The summed E-state index contributed by atoms with van der Waals surface area (Å²) in [4.78, 5) is 43.3. The molecule has 0 spiro atoms. The Morgan fingerprint density at radius 3 is 2.62 bits per heavy atom. The fraction of sp³-hybridized carbons (Fsp3) is 0.609. The minimum absolute atomic E-state index is 0.00845. The van der Waals surface area contributed by atoms with E-state index in [4.69, 9.17) is 9.47 Å². The molecule has 2 fully saturated rings. The number of anilines is 1. The number of ether oxygens (including phenoxy) is 2. The van der Waals surface area contributed by atoms with Crippen molar-refractivity contribution in [1.82, 2.24) is 15.1 Å². The molecule has 32 heavy (non-hydrogen) atoms. The van der Waals surface area contributed by atoms with Crippen LogP contribution < -0.4 is 15.0 Å². The zero-order valence-corrected chi connectivity index (χ0v) is 19.0. The van der Waals surface area contributed by atoms with Crippen molar-refractivity contribution < 1.29 is 23.9 Å². The van der Waals surface area contributed by atoms with Crippen molar-refractivity contribution in [3.05, 3.63) is 24.3 Å². The molecular weight excluding hydrogens is 412 g/mol. The Labute approximate surface area is 189 Å². The molecule has 9 nitrogen and oxygen atoms in total. The maximum absolute atomic E-state index is 13.1. The quantitative estimate of drug-likeness (QED) is 0.533. The van der Waals surface area contributed by atoms with Crippen LogP contribution in [0.3, 0.4) is 0 Å². The van der Waals surface area contributed by atoms with E-state index >= 15 is 0 Å². The van der Waals surface area contributed by atoms with E-state index < -0.39 is 0 Å². The molecule has 9 heteroatoms. The molecule has 2 aliphatic rings. The monoisotopic (exact) mass is 446 g/mol. The number of benzene rings is 1. The Morgan fingerprint density at radius 2 is 1.91 bits per heavy atom. The largest absolute Gasteiger partial charge is 0.492 e. The second-order valence-corrected chi connectivity index (χ2v) is 8.10. The van der Waals surface area contributed by atoms with Crippen LogP contribution >= 0.6 is 0 Å². The van der Waals surface area contributed by atoms with Crippen molar-refractivity contribution in [2.75, 3.05) is 71.0 Å². The predicted molar refractivity (Wildman–Crippen MR) is 121 cm³/mol. The van der Waals surface area contributed by atoms with Crippen molar-refractivity contribution >= 4 is 23.4 Å². The number of hydrogen-bond acceptors (Lipinski definition) is 6. The maximum Gasteiger partial charge on any atom is 0.234 e. The van der Waals surface area contributed by atoms with Gasteiger partial charge < -0.3 is 24.6 Å². The van der Waals surface area contributed by atoms with E-state index in [1.54, 1.807) is 12.0 Å². The average Bonchev–Trinajstić information content (AvgIpc) is 3.19. The number of carbonyl (C=O) groups is 3. The number of piperazine rings is 1. The first kappa shape index (κ1) is 24.0. The number of carbonyl (C=O) groups excluding carboxylic acids is 3. The van der Waals surface area contributed by atoms with Crippen LogP contribution in [0, 0.1) is 5.92 Å². The lowest BCUT2D eigenvalue weighted by atomic mass is 10.1. The third kappa shape index (κ3) is 6.20. The van der Waals surface area contributed by atoms with E-state index in [1.165, 1.54) is 0 Å². The van der Waals surface area contributed by atoms with E-state index in [2.05, 4.69) is 10.2 Å². The molecule has 3 rings (SSSR count). The van der Waals surface area contributed by atoms with Gasteiger partial charge in [0, 0.05) is 59.4 Å². The zero-order valence-electron chi connectivity index (χ0n) is 19.0. The summed E-state index contributed by atoms with van der Waals surface area (Å²) >= 11 is 0. The number of rotatable bonds is 10. The highest BCUT2D eigenvalue weighted by atomic mass is 16.5. The van der Waals surface area contributed by atoms with Crippen LogP contribution in [0.2, 0.25) is 0 Å². The van der Waals surface area contributed by atoms with Crippen molar-refractivity contribution in [3.63, 3.8) is 0 Å². The van der Waals surface area contributed by atoms with Crippen LogP contribution in [0.15, 0.2) is 24.3 Å². The Bertz CT molecular complexity index is 794. The molecule has 1 aromatic rings. The highest BCUT2D eigenvalue weighted by molar-refractivity contribution is 6.01. The first-order valence-electron chi connectivity index (χ1n) is 11.3. The fourth-order valence-electron chi connectivity index (χ4n) is 4.15. The van der Waals surface area contributed by atoms with Gasteiger partial charge in [-0.15, -0.1) is 0 Å². The Kier molecular flexibility index (Phi) is 8.87. The molecule has 0 aromatic heterocycles. The number of methoxy groups -OCH3 is 1. The summed E-state index contributed by atoms with van der Waals surface area (Å²) in [5.74, 6) is 0.252. The second-order valence-electron chi connectivity index (χ2n) is 8.10. The van der Waals surface area contributed by atoms with Crippen LogP contribution in [-0.2, 0) is 19.1 Å². The molecule has 2 heterocycles. The fourth-order valence-corrected chi connectivity index (χ4v) is 4.15. The van der Waals surface area contributed by atoms with E-state index in [0.717, 1.165) is 12.1 Å². The highest BCUT2D eigenvalue weighted by Gasteiger charge is 2.38. The Balaban J connectivity index is 1.48. The number of amides is 3. The predicted octanol–water partition coefficient (Wildman–Crippen LogP) is 0.735. The Morgan fingerprint density at radius 1 is 1.16 bits per heavy atom. The molecule has 0 radical (unpaired) electrons. The lowest BCUT2D eigenvalue weighted by Crippen LogP contribution is -2.52. The third-order valence-corrected chi connectivity index (χ3v) is 5.83. The van der Waals surface area contributed by atoms with Crippen LogP contribution in [0.5, 0.6) is 5.75 Å². The smallest absolute Gasteiger partial charge is 0.234 e. The molecule has 0 aliphatic carbocycles. The Hall–Kier alpha value is -2.65.